The standard InChI is InChI=1S/C19H22N2O4S/c1-11-6-12(2)8-14(7-11)20-19(26)21-18(22)13-9-15(23-3)17(25-5)16(10-13)24-4/h6-10H,1-5H3,(H2,20,21,22,26). The largest absolute Gasteiger partial charge is 0.493 e. The maximum atomic E-state index is 12.5. The second kappa shape index (κ2) is 8.53. The monoisotopic (exact) mass is 374 g/mol. The summed E-state index contributed by atoms with van der Waals surface area (Å²) in [5.74, 6) is 0.823. The highest BCUT2D eigenvalue weighted by atomic mass is 32.1. The molecule has 0 aromatic heterocycles. The molecule has 0 aliphatic carbocycles. The Morgan fingerprint density at radius 1 is 0.885 bits per heavy atom. The predicted molar refractivity (Wildman–Crippen MR) is 106 cm³/mol. The second-order valence-corrected chi connectivity index (χ2v) is 6.11. The van der Waals surface area contributed by atoms with Crippen LogP contribution in [0.25, 0.3) is 0 Å². The second-order valence-electron chi connectivity index (χ2n) is 5.70. The molecule has 1 amide bonds. The summed E-state index contributed by atoms with van der Waals surface area (Å²) >= 11 is 5.24. The number of carbonyl (C=O) groups is 1. The highest BCUT2D eigenvalue weighted by Gasteiger charge is 2.17. The number of carbonyl (C=O) groups excluding carboxylic acids is 1. The molecule has 138 valence electrons. The molecule has 0 saturated heterocycles. The van der Waals surface area contributed by atoms with Crippen molar-refractivity contribution in [2.24, 2.45) is 0 Å². The Morgan fingerprint density at radius 3 is 1.88 bits per heavy atom. The van der Waals surface area contributed by atoms with E-state index in [1.165, 1.54) is 21.3 Å². The van der Waals surface area contributed by atoms with Gasteiger partial charge in [-0.1, -0.05) is 6.07 Å². The molecular weight excluding hydrogens is 352 g/mol. The Hall–Kier alpha value is -2.80. The molecule has 0 fully saturated rings. The van der Waals surface area contributed by atoms with E-state index in [-0.39, 0.29) is 11.0 Å². The molecule has 2 aromatic carbocycles. The van der Waals surface area contributed by atoms with Gasteiger partial charge in [-0.2, -0.15) is 0 Å². The van der Waals surface area contributed by atoms with Crippen LogP contribution in [0.1, 0.15) is 21.5 Å². The van der Waals surface area contributed by atoms with Gasteiger partial charge in [0.15, 0.2) is 16.6 Å². The lowest BCUT2D eigenvalue weighted by Gasteiger charge is -2.15. The van der Waals surface area contributed by atoms with E-state index in [9.17, 15) is 4.79 Å². The number of hydrogen-bond donors (Lipinski definition) is 2. The molecule has 0 spiro atoms. The summed E-state index contributed by atoms with van der Waals surface area (Å²) in [5, 5.41) is 5.87. The van der Waals surface area contributed by atoms with Gasteiger partial charge in [-0.25, -0.2) is 0 Å². The third-order valence-electron chi connectivity index (χ3n) is 3.63. The first-order valence-corrected chi connectivity index (χ1v) is 8.29. The van der Waals surface area contributed by atoms with Crippen LogP contribution in [0, 0.1) is 13.8 Å². The number of ether oxygens (including phenoxy) is 3. The van der Waals surface area contributed by atoms with Crippen LogP contribution in [-0.4, -0.2) is 32.3 Å². The molecule has 0 aliphatic heterocycles. The van der Waals surface area contributed by atoms with Crippen LogP contribution in [0.4, 0.5) is 5.69 Å². The Bertz CT molecular complexity index is 791. The van der Waals surface area contributed by atoms with Crippen LogP contribution >= 0.6 is 12.2 Å². The van der Waals surface area contributed by atoms with Crippen molar-refractivity contribution in [1.29, 1.82) is 0 Å². The average molecular weight is 374 g/mol. The highest BCUT2D eigenvalue weighted by molar-refractivity contribution is 7.80. The zero-order valence-corrected chi connectivity index (χ0v) is 16.2. The van der Waals surface area contributed by atoms with Crippen molar-refractivity contribution in [1.82, 2.24) is 5.32 Å². The van der Waals surface area contributed by atoms with E-state index in [1.54, 1.807) is 12.1 Å². The molecule has 2 aromatic rings. The first-order chi connectivity index (χ1) is 12.4. The van der Waals surface area contributed by atoms with Crippen LogP contribution in [0.3, 0.4) is 0 Å². The normalized spacial score (nSPS) is 10.0. The van der Waals surface area contributed by atoms with Crippen LogP contribution in [0.2, 0.25) is 0 Å². The summed E-state index contributed by atoms with van der Waals surface area (Å²) in [6.07, 6.45) is 0. The fourth-order valence-electron chi connectivity index (χ4n) is 2.60. The predicted octanol–water partition coefficient (Wildman–Crippen LogP) is 3.46. The van der Waals surface area contributed by atoms with Gasteiger partial charge in [0.05, 0.1) is 21.3 Å². The van der Waals surface area contributed by atoms with Crippen molar-refractivity contribution in [3.8, 4) is 17.2 Å². The van der Waals surface area contributed by atoms with Gasteiger partial charge < -0.3 is 19.5 Å². The number of hydrogen-bond acceptors (Lipinski definition) is 5. The van der Waals surface area contributed by atoms with Gasteiger partial charge in [-0.3, -0.25) is 10.1 Å². The van der Waals surface area contributed by atoms with E-state index in [2.05, 4.69) is 16.7 Å². The van der Waals surface area contributed by atoms with E-state index < -0.39 is 0 Å². The lowest BCUT2D eigenvalue weighted by molar-refractivity contribution is 0.0977. The molecule has 2 N–H and O–H groups in total. The highest BCUT2D eigenvalue weighted by Crippen LogP contribution is 2.38. The molecular formula is C19H22N2O4S. The number of methoxy groups -OCH3 is 3. The molecule has 2 rings (SSSR count). The minimum absolute atomic E-state index is 0.203. The Labute approximate surface area is 158 Å². The maximum absolute atomic E-state index is 12.5. The molecule has 0 aliphatic rings. The van der Waals surface area contributed by atoms with Gasteiger partial charge in [-0.15, -0.1) is 0 Å². The van der Waals surface area contributed by atoms with Gasteiger partial charge in [0, 0.05) is 11.3 Å². The van der Waals surface area contributed by atoms with Crippen molar-refractivity contribution < 1.29 is 19.0 Å². The Kier molecular flexibility index (Phi) is 6.41. The summed E-state index contributed by atoms with van der Waals surface area (Å²) in [7, 11) is 4.49. The zero-order chi connectivity index (χ0) is 19.3. The minimum atomic E-state index is -0.383. The molecule has 0 radical (unpaired) electrons. The van der Waals surface area contributed by atoms with E-state index in [0.29, 0.717) is 22.8 Å². The van der Waals surface area contributed by atoms with Gasteiger partial charge in [0.1, 0.15) is 0 Å². The van der Waals surface area contributed by atoms with Crippen LogP contribution in [0.15, 0.2) is 30.3 Å². The molecule has 0 saturated carbocycles. The van der Waals surface area contributed by atoms with Gasteiger partial charge in [0.2, 0.25) is 5.75 Å². The van der Waals surface area contributed by atoms with Crippen molar-refractivity contribution >= 4 is 28.9 Å². The van der Waals surface area contributed by atoms with Gasteiger partial charge in [0.25, 0.3) is 5.91 Å². The molecule has 0 heterocycles. The van der Waals surface area contributed by atoms with Crippen molar-refractivity contribution in [3.63, 3.8) is 0 Å². The van der Waals surface area contributed by atoms with E-state index in [0.717, 1.165) is 16.8 Å². The third kappa shape index (κ3) is 4.64. The molecule has 7 heteroatoms. The number of aryl methyl sites for hydroxylation is 2. The molecule has 0 atom stereocenters. The van der Waals surface area contributed by atoms with Gasteiger partial charge >= 0.3 is 0 Å². The first kappa shape index (κ1) is 19.5. The number of benzene rings is 2. The summed E-state index contributed by atoms with van der Waals surface area (Å²) in [6, 6.07) is 9.09. The summed E-state index contributed by atoms with van der Waals surface area (Å²) in [5.41, 5.74) is 3.36. The number of amides is 1. The van der Waals surface area contributed by atoms with Crippen LogP contribution in [0.5, 0.6) is 17.2 Å². The smallest absolute Gasteiger partial charge is 0.257 e. The van der Waals surface area contributed by atoms with Gasteiger partial charge in [-0.05, 0) is 61.5 Å². The summed E-state index contributed by atoms with van der Waals surface area (Å²) in [6.45, 7) is 3.99. The summed E-state index contributed by atoms with van der Waals surface area (Å²) in [4.78, 5) is 12.5. The van der Waals surface area contributed by atoms with E-state index in [1.807, 2.05) is 26.0 Å². The fourth-order valence-corrected chi connectivity index (χ4v) is 2.81. The molecule has 6 nitrogen and oxygen atoms in total. The number of anilines is 1. The SMILES string of the molecule is COc1cc(C(=O)NC(=S)Nc2cc(C)cc(C)c2)cc(OC)c1OC. The van der Waals surface area contributed by atoms with Crippen LogP contribution < -0.4 is 24.8 Å². The molecule has 0 unspecified atom stereocenters. The summed E-state index contributed by atoms with van der Waals surface area (Å²) < 4.78 is 15.8. The topological polar surface area (TPSA) is 68.8 Å². The quantitative estimate of drug-likeness (QED) is 0.781. The number of rotatable bonds is 5. The molecule has 0 bridgehead atoms. The number of nitrogens with one attached hydrogen (secondary N) is 2. The lowest BCUT2D eigenvalue weighted by atomic mass is 10.1. The Balaban J connectivity index is 2.17. The zero-order valence-electron chi connectivity index (χ0n) is 15.4. The van der Waals surface area contributed by atoms with Crippen molar-refractivity contribution in [2.75, 3.05) is 26.6 Å². The first-order valence-electron chi connectivity index (χ1n) is 7.88. The maximum Gasteiger partial charge on any atom is 0.257 e. The van der Waals surface area contributed by atoms with Crippen LogP contribution in [-0.2, 0) is 0 Å². The van der Waals surface area contributed by atoms with Crippen molar-refractivity contribution in [2.45, 2.75) is 13.8 Å². The van der Waals surface area contributed by atoms with E-state index in [4.69, 9.17) is 26.4 Å². The van der Waals surface area contributed by atoms with Crippen molar-refractivity contribution in [3.05, 3.63) is 47.0 Å². The number of thiocarbonyl (C=S) groups is 1. The third-order valence-corrected chi connectivity index (χ3v) is 3.84. The Morgan fingerprint density at radius 2 is 1.42 bits per heavy atom. The average Bonchev–Trinajstić information content (AvgIpc) is 2.59. The lowest BCUT2D eigenvalue weighted by Crippen LogP contribution is -2.34. The molecule has 26 heavy (non-hydrogen) atoms. The van der Waals surface area contributed by atoms with E-state index >= 15 is 0 Å². The fraction of sp³-hybridized carbons (Fsp3) is 0.263. The minimum Gasteiger partial charge on any atom is -0.493 e.